The van der Waals surface area contributed by atoms with Gasteiger partial charge in [-0.3, -0.25) is 4.79 Å². The fourth-order valence-electron chi connectivity index (χ4n) is 2.50. The van der Waals surface area contributed by atoms with Crippen LogP contribution in [0.3, 0.4) is 0 Å². The molecule has 4 nitrogen and oxygen atoms in total. The second-order valence-corrected chi connectivity index (χ2v) is 5.07. The van der Waals surface area contributed by atoms with Crippen LogP contribution in [0.2, 0.25) is 0 Å². The third-order valence-corrected chi connectivity index (χ3v) is 3.67. The van der Waals surface area contributed by atoms with Crippen molar-refractivity contribution in [3.05, 3.63) is 17.2 Å². The summed E-state index contributed by atoms with van der Waals surface area (Å²) in [6.45, 7) is 2.66. The molecule has 2 rings (SSSR count). The van der Waals surface area contributed by atoms with Gasteiger partial charge in [0.05, 0.1) is 12.2 Å². The highest BCUT2D eigenvalue weighted by Crippen LogP contribution is 2.21. The fourth-order valence-corrected chi connectivity index (χ4v) is 2.50. The minimum absolute atomic E-state index is 0.137. The molecule has 0 aromatic carbocycles. The molecule has 0 spiro atoms. The molecule has 1 N–H and O–H groups in total. The molecular formula is C14H23N3O. The van der Waals surface area contributed by atoms with Gasteiger partial charge in [0.25, 0.3) is 0 Å². The van der Waals surface area contributed by atoms with Crippen LogP contribution in [0.5, 0.6) is 0 Å². The van der Waals surface area contributed by atoms with Crippen molar-refractivity contribution in [2.45, 2.75) is 58.4 Å². The van der Waals surface area contributed by atoms with Gasteiger partial charge in [-0.15, -0.1) is 0 Å². The summed E-state index contributed by atoms with van der Waals surface area (Å²) in [7, 11) is 2.06. The number of rotatable bonds is 5. The van der Waals surface area contributed by atoms with Gasteiger partial charge in [-0.2, -0.15) is 0 Å². The van der Waals surface area contributed by atoms with Crippen LogP contribution in [-0.2, 0) is 31.2 Å². The van der Waals surface area contributed by atoms with Crippen LogP contribution in [0.25, 0.3) is 0 Å². The Labute approximate surface area is 109 Å². The van der Waals surface area contributed by atoms with Crippen molar-refractivity contribution in [1.29, 1.82) is 0 Å². The first kappa shape index (κ1) is 13.1. The van der Waals surface area contributed by atoms with E-state index >= 15 is 0 Å². The second-order valence-electron chi connectivity index (χ2n) is 5.07. The van der Waals surface area contributed by atoms with Gasteiger partial charge < -0.3 is 9.88 Å². The third kappa shape index (κ3) is 2.92. The van der Waals surface area contributed by atoms with Gasteiger partial charge in [0.2, 0.25) is 5.91 Å². The quantitative estimate of drug-likeness (QED) is 0.868. The van der Waals surface area contributed by atoms with Crippen LogP contribution < -0.4 is 5.32 Å². The maximum absolute atomic E-state index is 11.6. The summed E-state index contributed by atoms with van der Waals surface area (Å²) in [5.41, 5.74) is 2.60. The maximum Gasteiger partial charge on any atom is 0.220 e. The van der Waals surface area contributed by atoms with Gasteiger partial charge in [-0.1, -0.05) is 13.3 Å². The number of aryl methyl sites for hydroxylation is 1. The minimum Gasteiger partial charge on any atom is -0.349 e. The standard InChI is InChI=1S/C14H23N3O/c1-3-4-9-14(18)15-10-13-16-11-7-5-6-8-12(11)17(13)2/h3-10H2,1-2H3,(H,15,18). The Bertz CT molecular complexity index is 423. The Hall–Kier alpha value is -1.32. The molecule has 0 atom stereocenters. The predicted octanol–water partition coefficient (Wildman–Crippen LogP) is 2.11. The number of amides is 1. The van der Waals surface area contributed by atoms with E-state index in [0.717, 1.165) is 31.5 Å². The number of fused-ring (bicyclic) bond motifs is 1. The second kappa shape index (κ2) is 6.03. The van der Waals surface area contributed by atoms with E-state index in [9.17, 15) is 4.79 Å². The zero-order chi connectivity index (χ0) is 13.0. The lowest BCUT2D eigenvalue weighted by Gasteiger charge is -2.11. The van der Waals surface area contributed by atoms with Crippen molar-refractivity contribution in [2.24, 2.45) is 7.05 Å². The number of nitrogens with one attached hydrogen (secondary N) is 1. The zero-order valence-electron chi connectivity index (χ0n) is 11.5. The Morgan fingerprint density at radius 2 is 2.17 bits per heavy atom. The molecule has 0 fully saturated rings. The summed E-state index contributed by atoms with van der Waals surface area (Å²) in [5.74, 6) is 1.13. The van der Waals surface area contributed by atoms with Crippen LogP contribution in [0, 0.1) is 0 Å². The molecule has 0 aliphatic heterocycles. The predicted molar refractivity (Wildman–Crippen MR) is 71.2 cm³/mol. The maximum atomic E-state index is 11.6. The number of carbonyl (C=O) groups excluding carboxylic acids is 1. The van der Waals surface area contributed by atoms with E-state index in [4.69, 9.17) is 0 Å². The highest BCUT2D eigenvalue weighted by atomic mass is 16.1. The van der Waals surface area contributed by atoms with Crippen molar-refractivity contribution in [2.75, 3.05) is 0 Å². The van der Waals surface area contributed by atoms with E-state index in [1.54, 1.807) is 0 Å². The summed E-state index contributed by atoms with van der Waals surface area (Å²) < 4.78 is 2.16. The molecule has 0 unspecified atom stereocenters. The molecule has 0 saturated heterocycles. The lowest BCUT2D eigenvalue weighted by Crippen LogP contribution is -2.24. The molecule has 0 radical (unpaired) electrons. The SMILES string of the molecule is CCCCC(=O)NCc1nc2c(n1C)CCCC2. The van der Waals surface area contributed by atoms with Crippen molar-refractivity contribution < 1.29 is 4.79 Å². The normalized spacial score (nSPS) is 14.3. The molecule has 1 heterocycles. The first-order valence-corrected chi connectivity index (χ1v) is 7.02. The zero-order valence-corrected chi connectivity index (χ0v) is 11.5. The van der Waals surface area contributed by atoms with Crippen molar-refractivity contribution in [3.63, 3.8) is 0 Å². The molecular weight excluding hydrogens is 226 g/mol. The number of aromatic nitrogens is 2. The van der Waals surface area contributed by atoms with Crippen LogP contribution in [-0.4, -0.2) is 15.5 Å². The minimum atomic E-state index is 0.137. The molecule has 1 aromatic rings. The van der Waals surface area contributed by atoms with Gasteiger partial charge in [0.1, 0.15) is 5.82 Å². The third-order valence-electron chi connectivity index (χ3n) is 3.67. The van der Waals surface area contributed by atoms with Gasteiger partial charge >= 0.3 is 0 Å². The van der Waals surface area contributed by atoms with E-state index in [-0.39, 0.29) is 5.91 Å². The molecule has 18 heavy (non-hydrogen) atoms. The smallest absolute Gasteiger partial charge is 0.220 e. The Morgan fingerprint density at radius 3 is 2.89 bits per heavy atom. The topological polar surface area (TPSA) is 46.9 Å². The number of unbranched alkanes of at least 4 members (excludes halogenated alkanes) is 1. The van der Waals surface area contributed by atoms with E-state index in [2.05, 4.69) is 28.8 Å². The van der Waals surface area contributed by atoms with Gasteiger partial charge in [-0.05, 0) is 32.1 Å². The largest absolute Gasteiger partial charge is 0.349 e. The molecule has 1 aliphatic rings. The fraction of sp³-hybridized carbons (Fsp3) is 0.714. The van der Waals surface area contributed by atoms with E-state index in [1.807, 2.05) is 0 Å². The number of hydrogen-bond donors (Lipinski definition) is 1. The van der Waals surface area contributed by atoms with Crippen molar-refractivity contribution >= 4 is 5.91 Å². The molecule has 1 amide bonds. The Kier molecular flexibility index (Phi) is 4.39. The van der Waals surface area contributed by atoms with Gasteiger partial charge in [-0.25, -0.2) is 4.98 Å². The monoisotopic (exact) mass is 249 g/mol. The summed E-state index contributed by atoms with van der Waals surface area (Å²) in [4.78, 5) is 16.2. The summed E-state index contributed by atoms with van der Waals surface area (Å²) in [6.07, 6.45) is 7.37. The molecule has 4 heteroatoms. The Morgan fingerprint density at radius 1 is 1.39 bits per heavy atom. The number of hydrogen-bond acceptors (Lipinski definition) is 2. The average Bonchev–Trinajstić information content (AvgIpc) is 2.71. The molecule has 1 aliphatic carbocycles. The lowest BCUT2D eigenvalue weighted by molar-refractivity contribution is -0.121. The number of nitrogens with zero attached hydrogens (tertiary/aromatic N) is 2. The lowest BCUT2D eigenvalue weighted by atomic mass is 10.0. The van der Waals surface area contributed by atoms with Gasteiger partial charge in [0, 0.05) is 19.2 Å². The molecule has 0 saturated carbocycles. The highest BCUT2D eigenvalue weighted by Gasteiger charge is 2.17. The molecule has 1 aromatic heterocycles. The van der Waals surface area contributed by atoms with E-state index < -0.39 is 0 Å². The average molecular weight is 249 g/mol. The van der Waals surface area contributed by atoms with E-state index in [1.165, 1.54) is 24.2 Å². The van der Waals surface area contributed by atoms with E-state index in [0.29, 0.717) is 13.0 Å². The van der Waals surface area contributed by atoms with Crippen molar-refractivity contribution in [3.8, 4) is 0 Å². The van der Waals surface area contributed by atoms with Crippen LogP contribution in [0.4, 0.5) is 0 Å². The summed E-state index contributed by atoms with van der Waals surface area (Å²) in [5, 5.41) is 2.96. The van der Waals surface area contributed by atoms with Gasteiger partial charge in [0.15, 0.2) is 0 Å². The first-order valence-electron chi connectivity index (χ1n) is 7.02. The van der Waals surface area contributed by atoms with Crippen LogP contribution >= 0.6 is 0 Å². The first-order chi connectivity index (χ1) is 8.72. The van der Waals surface area contributed by atoms with Crippen LogP contribution in [0.1, 0.15) is 56.2 Å². The number of imidazole rings is 1. The van der Waals surface area contributed by atoms with Crippen molar-refractivity contribution in [1.82, 2.24) is 14.9 Å². The summed E-state index contributed by atoms with van der Waals surface area (Å²) in [6, 6.07) is 0. The molecule has 0 bridgehead atoms. The Balaban J connectivity index is 1.93. The molecule has 100 valence electrons. The highest BCUT2D eigenvalue weighted by molar-refractivity contribution is 5.75. The van der Waals surface area contributed by atoms with Crippen LogP contribution in [0.15, 0.2) is 0 Å². The summed E-state index contributed by atoms with van der Waals surface area (Å²) >= 11 is 0. The number of carbonyl (C=O) groups is 1.